The van der Waals surface area contributed by atoms with Crippen molar-refractivity contribution in [3.05, 3.63) is 150 Å². The molecule has 5 rings (SSSR count). The first kappa shape index (κ1) is 25.0. The summed E-state index contributed by atoms with van der Waals surface area (Å²) in [6, 6.07) is 35.5. The summed E-state index contributed by atoms with van der Waals surface area (Å²) >= 11 is -5.91. The van der Waals surface area contributed by atoms with Gasteiger partial charge in [-0.1, -0.05) is 0 Å². The van der Waals surface area contributed by atoms with Crippen molar-refractivity contribution in [2.75, 3.05) is 0 Å². The SMILES string of the molecule is Fc1c(F)c(F)c([O][Sb]([c]2ccccc2)([c]2ccccc2)([c]2ccccc2)[c]2ccccc2)c(F)c1F. The Hall–Kier alpha value is -3.63. The molecule has 37 heavy (non-hydrogen) atoms. The van der Waals surface area contributed by atoms with Gasteiger partial charge >= 0.3 is 213 Å². The van der Waals surface area contributed by atoms with Crippen LogP contribution in [0.1, 0.15) is 0 Å². The fraction of sp³-hybridized carbons (Fsp3) is 0. The number of hydrogen-bond acceptors (Lipinski definition) is 1. The minimum atomic E-state index is -5.91. The normalized spacial score (nSPS) is 12.5. The molecule has 5 aromatic carbocycles. The third-order valence-electron chi connectivity index (χ3n) is 6.44. The summed E-state index contributed by atoms with van der Waals surface area (Å²) in [7, 11) is 0. The van der Waals surface area contributed by atoms with Gasteiger partial charge in [0.05, 0.1) is 0 Å². The van der Waals surface area contributed by atoms with Crippen LogP contribution in [-0.4, -0.2) is 17.8 Å². The molecule has 0 saturated heterocycles. The second-order valence-corrected chi connectivity index (χ2v) is 20.7. The van der Waals surface area contributed by atoms with E-state index in [1.807, 2.05) is 0 Å². The van der Waals surface area contributed by atoms with Crippen LogP contribution in [0.15, 0.2) is 121 Å². The summed E-state index contributed by atoms with van der Waals surface area (Å²) in [4.78, 5) is 0. The summed E-state index contributed by atoms with van der Waals surface area (Å²) < 4.78 is 82.7. The van der Waals surface area contributed by atoms with Crippen LogP contribution in [0.4, 0.5) is 22.0 Å². The fourth-order valence-corrected chi connectivity index (χ4v) is 21.1. The van der Waals surface area contributed by atoms with Crippen LogP contribution in [0.3, 0.4) is 0 Å². The van der Waals surface area contributed by atoms with Crippen LogP contribution < -0.4 is 17.1 Å². The van der Waals surface area contributed by atoms with Crippen molar-refractivity contribution in [2.24, 2.45) is 0 Å². The number of halogens is 5. The maximum atomic E-state index is 15.4. The molecule has 0 atom stereocenters. The molecule has 0 radical (unpaired) electrons. The van der Waals surface area contributed by atoms with Crippen LogP contribution in [0.2, 0.25) is 0 Å². The van der Waals surface area contributed by atoms with E-state index in [1.165, 1.54) is 0 Å². The van der Waals surface area contributed by atoms with Crippen molar-refractivity contribution in [3.8, 4) is 5.75 Å². The van der Waals surface area contributed by atoms with Crippen molar-refractivity contribution in [3.63, 3.8) is 0 Å². The number of hydrogen-bond donors (Lipinski definition) is 0. The van der Waals surface area contributed by atoms with E-state index in [2.05, 4.69) is 0 Å². The first-order valence-corrected chi connectivity index (χ1v) is 17.5. The topological polar surface area (TPSA) is 9.23 Å². The first-order valence-electron chi connectivity index (χ1n) is 11.4. The summed E-state index contributed by atoms with van der Waals surface area (Å²) in [6.07, 6.45) is 0. The third-order valence-corrected chi connectivity index (χ3v) is 22.7. The average molecular weight is 613 g/mol. The quantitative estimate of drug-likeness (QED) is 0.110. The Morgan fingerprint density at radius 3 is 0.865 bits per heavy atom. The molecule has 0 aliphatic carbocycles. The standard InChI is InChI=1S/C6HF5O.4C6H5.Sb/c7-1-2(8)4(10)6(12)5(11)3(1)9;4*1-2-4-6-5-3-1;/h12H;4*1-5H;/q;;;;;+1/p-1. The summed E-state index contributed by atoms with van der Waals surface area (Å²) in [5.74, 6) is -11.7. The molecule has 1 nitrogen and oxygen atoms in total. The Morgan fingerprint density at radius 1 is 0.351 bits per heavy atom. The molecule has 0 bridgehead atoms. The summed E-state index contributed by atoms with van der Waals surface area (Å²) in [5.41, 5.74) is 0. The van der Waals surface area contributed by atoms with Gasteiger partial charge in [0.25, 0.3) is 0 Å². The Kier molecular flexibility index (Phi) is 6.55. The molecule has 0 heterocycles. The Labute approximate surface area is 212 Å². The fourth-order valence-electron chi connectivity index (χ4n) is 4.80. The van der Waals surface area contributed by atoms with Gasteiger partial charge in [0.15, 0.2) is 0 Å². The second-order valence-electron chi connectivity index (χ2n) is 8.37. The van der Waals surface area contributed by atoms with Crippen LogP contribution >= 0.6 is 0 Å². The molecular weight excluding hydrogens is 593 g/mol. The van der Waals surface area contributed by atoms with Crippen LogP contribution in [0.5, 0.6) is 5.75 Å². The third kappa shape index (κ3) is 3.66. The van der Waals surface area contributed by atoms with E-state index in [4.69, 9.17) is 3.02 Å². The molecule has 0 amide bonds. The van der Waals surface area contributed by atoms with Gasteiger partial charge in [-0.2, -0.15) is 0 Å². The molecule has 0 unspecified atom stereocenters. The van der Waals surface area contributed by atoms with Crippen molar-refractivity contribution < 1.29 is 25.0 Å². The monoisotopic (exact) mass is 612 g/mol. The van der Waals surface area contributed by atoms with Crippen LogP contribution in [0, 0.1) is 29.1 Å². The van der Waals surface area contributed by atoms with E-state index in [-0.39, 0.29) is 0 Å². The van der Waals surface area contributed by atoms with E-state index in [1.54, 1.807) is 121 Å². The predicted molar refractivity (Wildman–Crippen MR) is 137 cm³/mol. The van der Waals surface area contributed by atoms with Gasteiger partial charge in [-0.3, -0.25) is 0 Å². The zero-order valence-electron chi connectivity index (χ0n) is 19.3. The van der Waals surface area contributed by atoms with Gasteiger partial charge in [0, 0.05) is 0 Å². The van der Waals surface area contributed by atoms with Crippen molar-refractivity contribution in [1.29, 1.82) is 0 Å². The van der Waals surface area contributed by atoms with Crippen molar-refractivity contribution in [2.45, 2.75) is 0 Å². The minimum absolute atomic E-state index is 0.586. The summed E-state index contributed by atoms with van der Waals surface area (Å²) in [6.45, 7) is 0. The zero-order valence-corrected chi connectivity index (χ0v) is 21.8. The van der Waals surface area contributed by atoms with Gasteiger partial charge in [-0.25, -0.2) is 0 Å². The van der Waals surface area contributed by atoms with E-state index in [9.17, 15) is 13.2 Å². The van der Waals surface area contributed by atoms with Crippen molar-refractivity contribution >= 4 is 31.9 Å². The molecule has 0 fully saturated rings. The van der Waals surface area contributed by atoms with E-state index in [0.29, 0.717) is 14.0 Å². The van der Waals surface area contributed by atoms with Gasteiger partial charge < -0.3 is 0 Å². The molecule has 0 N–H and O–H groups in total. The van der Waals surface area contributed by atoms with Gasteiger partial charge in [0.2, 0.25) is 0 Å². The molecule has 0 saturated carbocycles. The maximum absolute atomic E-state index is 15.4. The first-order chi connectivity index (χ1) is 17.9. The molecule has 0 spiro atoms. The molecular formula is C30H20F5OSb. The molecule has 186 valence electrons. The Morgan fingerprint density at radius 2 is 0.595 bits per heavy atom. The van der Waals surface area contributed by atoms with E-state index >= 15 is 8.78 Å². The molecule has 7 heteroatoms. The zero-order chi connectivity index (χ0) is 26.1. The van der Waals surface area contributed by atoms with Crippen LogP contribution in [0.25, 0.3) is 0 Å². The van der Waals surface area contributed by atoms with E-state index in [0.717, 1.165) is 0 Å². The Bertz CT molecular complexity index is 1350. The number of rotatable bonds is 6. The van der Waals surface area contributed by atoms with E-state index < -0.39 is 52.7 Å². The van der Waals surface area contributed by atoms with Gasteiger partial charge in [-0.05, 0) is 0 Å². The summed E-state index contributed by atoms with van der Waals surface area (Å²) in [5, 5.41) is 0. The van der Waals surface area contributed by atoms with Gasteiger partial charge in [-0.15, -0.1) is 0 Å². The molecule has 0 aliphatic heterocycles. The second kappa shape index (κ2) is 9.68. The molecule has 5 aromatic rings. The predicted octanol–water partition coefficient (Wildman–Crippen LogP) is 5.29. The number of benzene rings is 5. The van der Waals surface area contributed by atoms with Crippen molar-refractivity contribution in [1.82, 2.24) is 0 Å². The Balaban J connectivity index is 2.07. The molecule has 0 aliphatic rings. The van der Waals surface area contributed by atoms with Gasteiger partial charge in [0.1, 0.15) is 0 Å². The van der Waals surface area contributed by atoms with Crippen LogP contribution in [-0.2, 0) is 0 Å². The average Bonchev–Trinajstić information content (AvgIpc) is 2.97. The molecule has 0 aromatic heterocycles.